The van der Waals surface area contributed by atoms with E-state index < -0.39 is 24.2 Å². The lowest BCUT2D eigenvalue weighted by molar-refractivity contribution is 0.669. The highest BCUT2D eigenvalue weighted by Crippen LogP contribution is 2.42. The van der Waals surface area contributed by atoms with Crippen LogP contribution in [-0.2, 0) is 0 Å². The molecule has 2 nitrogen and oxygen atoms in total. The van der Waals surface area contributed by atoms with E-state index in [9.17, 15) is 5.48 Å². The summed E-state index contributed by atoms with van der Waals surface area (Å²) in [5.74, 6) is 0. The summed E-state index contributed by atoms with van der Waals surface area (Å²) in [7, 11) is 0. The summed E-state index contributed by atoms with van der Waals surface area (Å²) in [5, 5.41) is 5.64. The first-order valence-electron chi connectivity index (χ1n) is 20.9. The van der Waals surface area contributed by atoms with Gasteiger partial charge in [-0.05, 0) is 109 Å². The van der Waals surface area contributed by atoms with E-state index in [-0.39, 0.29) is 68.5 Å². The van der Waals surface area contributed by atoms with Crippen LogP contribution in [0.25, 0.3) is 104 Å². The van der Waals surface area contributed by atoms with Crippen LogP contribution in [0.15, 0.2) is 180 Å². The Kier molecular flexibility index (Phi) is 4.17. The van der Waals surface area contributed by atoms with Gasteiger partial charge in [-0.3, -0.25) is 0 Å². The quantitative estimate of drug-likeness (QED) is 0.187. The Morgan fingerprint density at radius 1 is 0.440 bits per heavy atom. The normalized spacial score (nSPS) is 14.5. The van der Waals surface area contributed by atoms with Gasteiger partial charge in [0.15, 0.2) is 0 Å². The minimum absolute atomic E-state index is 0.00811. The van der Waals surface area contributed by atoms with Crippen LogP contribution in [0.2, 0.25) is 0 Å². The fourth-order valence-corrected chi connectivity index (χ4v) is 7.50. The number of aromatic nitrogens is 1. The Morgan fingerprint density at radius 3 is 2.06 bits per heavy atom. The van der Waals surface area contributed by atoms with Gasteiger partial charge in [0.25, 0.3) is 0 Å². The molecule has 0 N–H and O–H groups in total. The molecule has 0 aliphatic heterocycles. The number of hydrogen-bond acceptors (Lipinski definition) is 1. The van der Waals surface area contributed by atoms with Crippen LogP contribution in [0.5, 0.6) is 0 Å². The number of nitrogens with zero attached hydrogens (tertiary/aromatic N) is 1. The summed E-state index contributed by atoms with van der Waals surface area (Å²) >= 11 is 0. The number of hydrogen-bond donors (Lipinski definition) is 0. The minimum Gasteiger partial charge on any atom is -0.456 e. The van der Waals surface area contributed by atoms with Crippen molar-refractivity contribution in [2.24, 2.45) is 0 Å². The van der Waals surface area contributed by atoms with Crippen LogP contribution in [0.4, 0.5) is 0 Å². The summed E-state index contributed by atoms with van der Waals surface area (Å²) < 4.78 is 88.8. The molecule has 9 aromatic carbocycles. The van der Waals surface area contributed by atoms with Crippen LogP contribution in [0, 0.1) is 0 Å². The molecule has 232 valence electrons. The average molecular weight is 645 g/mol. The standard InChI is InChI=1S/C48H29NO/c1-2-10-30(11-3-1)34-19-21-44-43(26-34)48-39-17-9-6-12-31(39)18-22-45(48)49(44)37-24-35-15-7-8-16-38(35)40(29-37)36-20-23-46-41(27-36)42-25-32-13-4-5-14-33(32)28-47(42)50-46/h1-29H/i4D,5D,13D,14D,20D,23D,25D,27D,28D. The SMILES string of the molecule is [2H]c1c(-c2cc(-n3c4ccc(-c5ccccc5)cc4c4c5ccccc5ccc43)cc3ccccc23)c([2H])c2c(oc3c([2H])c4c([2H])c([2H])c([2H])c([2H])c4c([2H])c32)c1[2H]. The summed E-state index contributed by atoms with van der Waals surface area (Å²) in [6, 6.07) is 37.5. The van der Waals surface area contributed by atoms with E-state index in [1.165, 1.54) is 0 Å². The maximum Gasteiger partial charge on any atom is 0.136 e. The van der Waals surface area contributed by atoms with Crippen molar-refractivity contribution in [1.29, 1.82) is 0 Å². The molecule has 11 aromatic rings. The van der Waals surface area contributed by atoms with E-state index in [0.717, 1.165) is 60.2 Å². The van der Waals surface area contributed by atoms with Crippen molar-refractivity contribution in [3.05, 3.63) is 176 Å². The van der Waals surface area contributed by atoms with E-state index in [1.807, 2.05) is 60.7 Å². The fraction of sp³-hybridized carbons (Fsp3) is 0. The van der Waals surface area contributed by atoms with Gasteiger partial charge >= 0.3 is 0 Å². The van der Waals surface area contributed by atoms with E-state index in [1.54, 1.807) is 0 Å². The smallest absolute Gasteiger partial charge is 0.136 e. The maximum absolute atomic E-state index is 9.77. The molecule has 0 radical (unpaired) electrons. The summed E-state index contributed by atoms with van der Waals surface area (Å²) in [5.41, 5.74) is 5.23. The van der Waals surface area contributed by atoms with Crippen molar-refractivity contribution in [1.82, 2.24) is 4.57 Å². The zero-order valence-electron chi connectivity index (χ0n) is 35.4. The first kappa shape index (κ1) is 20.0. The molecule has 0 saturated heterocycles. The van der Waals surface area contributed by atoms with E-state index in [2.05, 4.69) is 65.2 Å². The largest absolute Gasteiger partial charge is 0.456 e. The van der Waals surface area contributed by atoms with Crippen LogP contribution in [0.3, 0.4) is 0 Å². The first-order valence-corrected chi connectivity index (χ1v) is 16.4. The lowest BCUT2D eigenvalue weighted by atomic mass is 9.95. The topological polar surface area (TPSA) is 18.1 Å². The Bertz CT molecular complexity index is 3670. The maximum atomic E-state index is 9.77. The molecule has 0 saturated carbocycles. The summed E-state index contributed by atoms with van der Waals surface area (Å²) in [6.45, 7) is 0. The molecule has 2 heterocycles. The van der Waals surface area contributed by atoms with Gasteiger partial charge in [0.1, 0.15) is 11.2 Å². The summed E-state index contributed by atoms with van der Waals surface area (Å²) in [6.07, 6.45) is 0. The second-order valence-electron chi connectivity index (χ2n) is 12.6. The lowest BCUT2D eigenvalue weighted by Gasteiger charge is -2.14. The van der Waals surface area contributed by atoms with Crippen molar-refractivity contribution in [2.45, 2.75) is 0 Å². The van der Waals surface area contributed by atoms with Gasteiger partial charge in [-0.25, -0.2) is 0 Å². The first-order chi connectivity index (χ1) is 28.5. The van der Waals surface area contributed by atoms with E-state index in [4.69, 9.17) is 11.3 Å². The third kappa shape index (κ3) is 4.03. The van der Waals surface area contributed by atoms with Gasteiger partial charge in [0.2, 0.25) is 0 Å². The Labute approximate surface area is 300 Å². The van der Waals surface area contributed by atoms with Gasteiger partial charge in [0.05, 0.1) is 23.4 Å². The van der Waals surface area contributed by atoms with Gasteiger partial charge in [0, 0.05) is 27.2 Å². The highest BCUT2D eigenvalue weighted by atomic mass is 16.3. The predicted molar refractivity (Wildman–Crippen MR) is 211 cm³/mol. The van der Waals surface area contributed by atoms with Crippen LogP contribution >= 0.6 is 0 Å². The Balaban J connectivity index is 1.25. The molecule has 0 bridgehead atoms. The lowest BCUT2D eigenvalue weighted by Crippen LogP contribution is -1.96. The Morgan fingerprint density at radius 2 is 1.18 bits per heavy atom. The van der Waals surface area contributed by atoms with Crippen molar-refractivity contribution < 1.29 is 16.8 Å². The predicted octanol–water partition coefficient (Wildman–Crippen LogP) is 13.5. The second kappa shape index (κ2) is 10.4. The molecule has 0 aliphatic carbocycles. The zero-order chi connectivity index (χ0) is 40.6. The van der Waals surface area contributed by atoms with Crippen LogP contribution in [0.1, 0.15) is 12.3 Å². The van der Waals surface area contributed by atoms with Crippen LogP contribution < -0.4 is 0 Å². The zero-order valence-corrected chi connectivity index (χ0v) is 26.4. The average Bonchev–Trinajstić information content (AvgIpc) is 3.83. The van der Waals surface area contributed by atoms with Gasteiger partial charge < -0.3 is 8.98 Å². The van der Waals surface area contributed by atoms with Gasteiger partial charge in [-0.1, -0.05) is 121 Å². The molecule has 0 spiro atoms. The minimum atomic E-state index is -0.540. The molecule has 11 rings (SSSR count). The van der Waals surface area contributed by atoms with Crippen molar-refractivity contribution in [2.75, 3.05) is 0 Å². The van der Waals surface area contributed by atoms with Crippen molar-refractivity contribution in [3.63, 3.8) is 0 Å². The van der Waals surface area contributed by atoms with Crippen molar-refractivity contribution >= 4 is 76.1 Å². The number of rotatable bonds is 3. The third-order valence-corrected chi connectivity index (χ3v) is 9.77. The molecule has 0 unspecified atom stereocenters. The van der Waals surface area contributed by atoms with E-state index in [0.29, 0.717) is 5.56 Å². The molecule has 2 aromatic heterocycles. The molecule has 2 heteroatoms. The second-order valence-corrected chi connectivity index (χ2v) is 12.6. The molecule has 0 amide bonds. The van der Waals surface area contributed by atoms with Crippen LogP contribution in [-0.4, -0.2) is 4.57 Å². The molecular formula is C48H29NO. The fourth-order valence-electron chi connectivity index (χ4n) is 7.50. The summed E-state index contributed by atoms with van der Waals surface area (Å²) in [4.78, 5) is 0. The van der Waals surface area contributed by atoms with Gasteiger partial charge in [-0.15, -0.1) is 0 Å². The Hall–Kier alpha value is -6.64. The molecule has 0 atom stereocenters. The molecule has 0 aliphatic rings. The third-order valence-electron chi connectivity index (χ3n) is 9.77. The van der Waals surface area contributed by atoms with E-state index >= 15 is 0 Å². The molecule has 0 fully saturated rings. The monoisotopic (exact) mass is 644 g/mol. The number of fused-ring (bicyclic) bond motifs is 10. The van der Waals surface area contributed by atoms with Gasteiger partial charge in [-0.2, -0.15) is 0 Å². The number of furan rings is 1. The van der Waals surface area contributed by atoms with Crippen molar-refractivity contribution in [3.8, 4) is 27.9 Å². The highest BCUT2D eigenvalue weighted by molar-refractivity contribution is 6.22. The number of benzene rings is 9. The molecule has 50 heavy (non-hydrogen) atoms. The highest BCUT2D eigenvalue weighted by Gasteiger charge is 2.18. The molecular weight excluding hydrogens is 607 g/mol.